The Bertz CT molecular complexity index is 1010. The molecule has 0 aliphatic rings. The zero-order valence-corrected chi connectivity index (χ0v) is 16.2. The molecule has 4 aromatic rings. The van der Waals surface area contributed by atoms with Crippen LogP contribution in [-0.4, -0.2) is 19.1 Å². The van der Waals surface area contributed by atoms with Crippen LogP contribution in [0.3, 0.4) is 0 Å². The van der Waals surface area contributed by atoms with Gasteiger partial charge in [-0.1, -0.05) is 50.2 Å². The van der Waals surface area contributed by atoms with E-state index in [4.69, 9.17) is 9.72 Å². The predicted octanol–water partition coefficient (Wildman–Crippen LogP) is 6.21. The molecule has 0 atom stereocenters. The van der Waals surface area contributed by atoms with Gasteiger partial charge in [0.2, 0.25) is 0 Å². The minimum absolute atomic E-state index is 0.789. The summed E-state index contributed by atoms with van der Waals surface area (Å²) < 4.78 is 5.57. The number of methoxy groups -OCH3 is 1. The minimum Gasteiger partial charge on any atom is -0.494 e. The third-order valence-corrected chi connectivity index (χ3v) is 4.34. The van der Waals surface area contributed by atoms with Crippen LogP contribution in [0.1, 0.15) is 13.8 Å². The molecule has 4 rings (SSSR count). The van der Waals surface area contributed by atoms with Crippen molar-refractivity contribution in [3.05, 3.63) is 66.7 Å². The molecule has 0 fully saturated rings. The summed E-state index contributed by atoms with van der Waals surface area (Å²) in [6.45, 7) is 4.00. The maximum absolute atomic E-state index is 5.57. The molecule has 3 aromatic carbocycles. The van der Waals surface area contributed by atoms with E-state index in [1.807, 2.05) is 75.5 Å². The van der Waals surface area contributed by atoms with Gasteiger partial charge in [-0.3, -0.25) is 0 Å². The summed E-state index contributed by atoms with van der Waals surface area (Å²) in [7, 11) is 3.58. The maximum atomic E-state index is 5.57. The van der Waals surface area contributed by atoms with Gasteiger partial charge in [0.25, 0.3) is 0 Å². The average molecular weight is 359 g/mol. The van der Waals surface area contributed by atoms with Gasteiger partial charge in [-0.25, -0.2) is 4.98 Å². The number of benzene rings is 3. The lowest BCUT2D eigenvalue weighted by molar-refractivity contribution is 0.417. The summed E-state index contributed by atoms with van der Waals surface area (Å²) in [5.74, 6) is 0.789. The Morgan fingerprint density at radius 3 is 1.96 bits per heavy atom. The molecule has 0 aliphatic carbocycles. The van der Waals surface area contributed by atoms with E-state index in [-0.39, 0.29) is 0 Å². The third-order valence-electron chi connectivity index (χ3n) is 4.34. The Hall–Kier alpha value is -3.27. The fourth-order valence-corrected chi connectivity index (χ4v) is 3.06. The second kappa shape index (κ2) is 8.41. The van der Waals surface area contributed by atoms with E-state index in [0.717, 1.165) is 44.6 Å². The summed E-state index contributed by atoms with van der Waals surface area (Å²) in [6.07, 6.45) is 0. The van der Waals surface area contributed by atoms with E-state index in [0.29, 0.717) is 0 Å². The van der Waals surface area contributed by atoms with E-state index >= 15 is 0 Å². The van der Waals surface area contributed by atoms with Crippen LogP contribution in [0.4, 0.5) is 17.1 Å². The fourth-order valence-electron chi connectivity index (χ4n) is 3.06. The predicted molar refractivity (Wildman–Crippen MR) is 116 cm³/mol. The average Bonchev–Trinajstić information content (AvgIpc) is 2.75. The molecule has 0 bridgehead atoms. The van der Waals surface area contributed by atoms with Crippen LogP contribution in [0.2, 0.25) is 0 Å². The molecule has 1 heterocycles. The first kappa shape index (κ1) is 18.5. The van der Waals surface area contributed by atoms with Crippen LogP contribution in [0.15, 0.2) is 66.7 Å². The molecular formula is C23H25N3O. The summed E-state index contributed by atoms with van der Waals surface area (Å²) in [5.41, 5.74) is 4.90. The molecule has 0 saturated heterocycles. The van der Waals surface area contributed by atoms with Crippen molar-refractivity contribution in [1.82, 2.24) is 4.98 Å². The highest BCUT2D eigenvalue weighted by Gasteiger charge is 2.11. The van der Waals surface area contributed by atoms with Gasteiger partial charge in [-0.05, 0) is 24.3 Å². The number of nitrogens with zero attached hydrogens (tertiary/aromatic N) is 1. The number of anilines is 3. The van der Waals surface area contributed by atoms with E-state index in [2.05, 4.69) is 22.8 Å². The van der Waals surface area contributed by atoms with E-state index < -0.39 is 0 Å². The number of hydrogen-bond acceptors (Lipinski definition) is 4. The van der Waals surface area contributed by atoms with Crippen molar-refractivity contribution in [2.24, 2.45) is 0 Å². The minimum atomic E-state index is 0.789. The Labute approximate surface area is 160 Å². The van der Waals surface area contributed by atoms with Crippen molar-refractivity contribution in [2.75, 3.05) is 24.8 Å². The van der Waals surface area contributed by atoms with Crippen molar-refractivity contribution >= 4 is 38.9 Å². The highest BCUT2D eigenvalue weighted by molar-refractivity contribution is 6.08. The number of para-hydroxylation sites is 2. The first-order chi connectivity index (χ1) is 13.3. The van der Waals surface area contributed by atoms with Gasteiger partial charge in [-0.2, -0.15) is 0 Å². The molecule has 0 saturated carbocycles. The summed E-state index contributed by atoms with van der Waals surface area (Å²) in [4.78, 5) is 4.77. The standard InChI is InChI=1S/C21H19N3O.C2H6/c1-22-14-11-12-19(20(13-14)25-2)24-21-15-7-3-5-9-17(15)23-18-10-6-4-8-16(18)21;1-2/h3-13,22H,1-2H3,(H,23,24);1-2H3. The molecule has 27 heavy (non-hydrogen) atoms. The van der Waals surface area contributed by atoms with Crippen LogP contribution in [-0.2, 0) is 0 Å². The van der Waals surface area contributed by atoms with Crippen LogP contribution in [0.5, 0.6) is 5.75 Å². The van der Waals surface area contributed by atoms with E-state index in [1.165, 1.54) is 0 Å². The molecule has 2 N–H and O–H groups in total. The Morgan fingerprint density at radius 1 is 0.815 bits per heavy atom. The molecule has 138 valence electrons. The van der Waals surface area contributed by atoms with Crippen molar-refractivity contribution < 1.29 is 4.74 Å². The van der Waals surface area contributed by atoms with Crippen molar-refractivity contribution in [3.8, 4) is 5.75 Å². The van der Waals surface area contributed by atoms with Crippen molar-refractivity contribution in [3.63, 3.8) is 0 Å². The lowest BCUT2D eigenvalue weighted by atomic mass is 10.1. The first-order valence-electron chi connectivity index (χ1n) is 9.20. The summed E-state index contributed by atoms with van der Waals surface area (Å²) >= 11 is 0. The van der Waals surface area contributed by atoms with Gasteiger partial charge in [0, 0.05) is 29.6 Å². The summed E-state index contributed by atoms with van der Waals surface area (Å²) in [6, 6.07) is 22.4. The number of aromatic nitrogens is 1. The lowest BCUT2D eigenvalue weighted by Gasteiger charge is -2.16. The zero-order chi connectivity index (χ0) is 19.2. The van der Waals surface area contributed by atoms with Gasteiger partial charge in [-0.15, -0.1) is 0 Å². The topological polar surface area (TPSA) is 46.2 Å². The van der Waals surface area contributed by atoms with Gasteiger partial charge < -0.3 is 15.4 Å². The maximum Gasteiger partial charge on any atom is 0.144 e. The molecule has 0 spiro atoms. The van der Waals surface area contributed by atoms with Gasteiger partial charge in [0.1, 0.15) is 5.75 Å². The van der Waals surface area contributed by atoms with E-state index in [1.54, 1.807) is 7.11 Å². The number of hydrogen-bond donors (Lipinski definition) is 2. The summed E-state index contributed by atoms with van der Waals surface area (Å²) in [5, 5.41) is 8.87. The lowest BCUT2D eigenvalue weighted by Crippen LogP contribution is -1.99. The van der Waals surface area contributed by atoms with Crippen LogP contribution in [0, 0.1) is 0 Å². The zero-order valence-electron chi connectivity index (χ0n) is 16.2. The SMILES string of the molecule is CC.CNc1ccc(Nc2c3ccccc3nc3ccccc23)c(OC)c1. The largest absolute Gasteiger partial charge is 0.494 e. The molecule has 0 unspecified atom stereocenters. The number of rotatable bonds is 4. The highest BCUT2D eigenvalue weighted by Crippen LogP contribution is 2.36. The van der Waals surface area contributed by atoms with Gasteiger partial charge >= 0.3 is 0 Å². The Kier molecular flexibility index (Phi) is 5.77. The highest BCUT2D eigenvalue weighted by atomic mass is 16.5. The monoisotopic (exact) mass is 359 g/mol. The van der Waals surface area contributed by atoms with Crippen molar-refractivity contribution in [1.29, 1.82) is 0 Å². The fraction of sp³-hybridized carbons (Fsp3) is 0.174. The Balaban J connectivity index is 0.00000102. The first-order valence-corrected chi connectivity index (χ1v) is 9.20. The van der Waals surface area contributed by atoms with E-state index in [9.17, 15) is 0 Å². The normalized spacial score (nSPS) is 10.2. The molecule has 4 heteroatoms. The Morgan fingerprint density at radius 2 is 1.41 bits per heavy atom. The molecule has 4 nitrogen and oxygen atoms in total. The number of nitrogens with one attached hydrogen (secondary N) is 2. The van der Waals surface area contributed by atoms with Gasteiger partial charge in [0.05, 0.1) is 29.5 Å². The molecule has 0 radical (unpaired) electrons. The number of fused-ring (bicyclic) bond motifs is 2. The molecule has 1 aromatic heterocycles. The van der Waals surface area contributed by atoms with Gasteiger partial charge in [0.15, 0.2) is 0 Å². The quantitative estimate of drug-likeness (QED) is 0.425. The number of ether oxygens (including phenoxy) is 1. The van der Waals surface area contributed by atoms with Crippen LogP contribution >= 0.6 is 0 Å². The second-order valence-corrected chi connectivity index (χ2v) is 5.81. The third kappa shape index (κ3) is 3.65. The smallest absolute Gasteiger partial charge is 0.144 e. The van der Waals surface area contributed by atoms with Crippen LogP contribution < -0.4 is 15.4 Å². The van der Waals surface area contributed by atoms with Crippen LogP contribution in [0.25, 0.3) is 21.8 Å². The molecule has 0 aliphatic heterocycles. The van der Waals surface area contributed by atoms with Crippen molar-refractivity contribution in [2.45, 2.75) is 13.8 Å². The molecule has 0 amide bonds. The second-order valence-electron chi connectivity index (χ2n) is 5.81. The number of pyridine rings is 1. The molecular weight excluding hydrogens is 334 g/mol.